The van der Waals surface area contributed by atoms with Crippen LogP contribution in [0.2, 0.25) is 0 Å². The van der Waals surface area contributed by atoms with E-state index in [4.69, 9.17) is 5.11 Å². The van der Waals surface area contributed by atoms with Crippen molar-refractivity contribution in [3.8, 4) is 0 Å². The van der Waals surface area contributed by atoms with Crippen LogP contribution in [0.15, 0.2) is 22.7 Å². The second-order valence-electron chi connectivity index (χ2n) is 3.29. The van der Waals surface area contributed by atoms with Crippen molar-refractivity contribution in [1.29, 1.82) is 0 Å². The zero-order valence-electron chi connectivity index (χ0n) is 8.94. The maximum Gasteiger partial charge on any atom is 0.417 e. The topological polar surface area (TPSA) is 80.4 Å². The summed E-state index contributed by atoms with van der Waals surface area (Å²) in [5.41, 5.74) is -2.36. The number of aliphatic carboxylic acids is 1. The van der Waals surface area contributed by atoms with E-state index in [-0.39, 0.29) is 0 Å². The van der Waals surface area contributed by atoms with Gasteiger partial charge in [0.05, 0.1) is 10.5 Å². The van der Waals surface area contributed by atoms with E-state index < -0.39 is 38.4 Å². The molecule has 0 heterocycles. The van der Waals surface area contributed by atoms with Crippen LogP contribution < -0.4 is 0 Å². The summed E-state index contributed by atoms with van der Waals surface area (Å²) in [7, 11) is 0. The Labute approximate surface area is 112 Å². The van der Waals surface area contributed by atoms with Crippen molar-refractivity contribution in [2.75, 3.05) is 0 Å². The lowest BCUT2D eigenvalue weighted by Gasteiger charge is -2.11. The summed E-state index contributed by atoms with van der Waals surface area (Å²) in [5, 5.41) is 19.0. The molecule has 0 fully saturated rings. The van der Waals surface area contributed by atoms with Gasteiger partial charge in [-0.15, -0.1) is 0 Å². The number of halogens is 4. The molecule has 0 aliphatic rings. The number of carboxylic acid groups (broad SMARTS) is 1. The molecule has 0 amide bonds. The van der Waals surface area contributed by atoms with Gasteiger partial charge in [0, 0.05) is 17.7 Å². The lowest BCUT2D eigenvalue weighted by molar-refractivity contribution is -0.385. The van der Waals surface area contributed by atoms with Gasteiger partial charge in [0.1, 0.15) is 4.47 Å². The molecular formula is C10H5BrF3NO4. The van der Waals surface area contributed by atoms with Gasteiger partial charge < -0.3 is 5.11 Å². The lowest BCUT2D eigenvalue weighted by atomic mass is 10.1. The predicted molar refractivity (Wildman–Crippen MR) is 62.5 cm³/mol. The van der Waals surface area contributed by atoms with Crippen LogP contribution in [-0.4, -0.2) is 16.0 Å². The minimum atomic E-state index is -4.75. The van der Waals surface area contributed by atoms with Crippen LogP contribution in [0.25, 0.3) is 6.08 Å². The van der Waals surface area contributed by atoms with E-state index in [9.17, 15) is 28.1 Å². The van der Waals surface area contributed by atoms with Crippen molar-refractivity contribution in [1.82, 2.24) is 0 Å². The SMILES string of the molecule is O=C(O)/C=C/c1c(C(F)(F)F)ccc([N+](=O)[O-])c1Br. The minimum absolute atomic E-state index is 0.426. The van der Waals surface area contributed by atoms with Crippen molar-refractivity contribution < 1.29 is 28.0 Å². The van der Waals surface area contributed by atoms with E-state index in [0.717, 1.165) is 0 Å². The van der Waals surface area contributed by atoms with Gasteiger partial charge in [0.25, 0.3) is 5.69 Å². The van der Waals surface area contributed by atoms with Crippen LogP contribution in [0.1, 0.15) is 11.1 Å². The third kappa shape index (κ3) is 3.53. The number of alkyl halides is 3. The molecule has 0 aliphatic heterocycles. The van der Waals surface area contributed by atoms with E-state index in [1.165, 1.54) is 0 Å². The van der Waals surface area contributed by atoms with Gasteiger partial charge in [-0.3, -0.25) is 10.1 Å². The van der Waals surface area contributed by atoms with Gasteiger partial charge in [-0.1, -0.05) is 0 Å². The number of hydrogen-bond acceptors (Lipinski definition) is 3. The van der Waals surface area contributed by atoms with Crippen LogP contribution in [0.4, 0.5) is 18.9 Å². The number of carbonyl (C=O) groups is 1. The molecule has 9 heteroatoms. The number of nitrogens with zero attached hydrogens (tertiary/aromatic N) is 1. The van der Waals surface area contributed by atoms with Gasteiger partial charge in [0.2, 0.25) is 0 Å². The monoisotopic (exact) mass is 339 g/mol. The Morgan fingerprint density at radius 1 is 1.42 bits per heavy atom. The van der Waals surface area contributed by atoms with E-state index in [1.54, 1.807) is 0 Å². The summed E-state index contributed by atoms with van der Waals surface area (Å²) in [5.74, 6) is -1.47. The second-order valence-corrected chi connectivity index (χ2v) is 4.08. The smallest absolute Gasteiger partial charge is 0.417 e. The summed E-state index contributed by atoms with van der Waals surface area (Å²) in [4.78, 5) is 20.1. The van der Waals surface area contributed by atoms with Crippen LogP contribution in [-0.2, 0) is 11.0 Å². The maximum atomic E-state index is 12.7. The molecule has 1 rings (SSSR count). The van der Waals surface area contributed by atoms with Crippen LogP contribution in [0.3, 0.4) is 0 Å². The molecule has 0 spiro atoms. The predicted octanol–water partition coefficient (Wildman–Crippen LogP) is 3.47. The Balaban J connectivity index is 3.55. The summed E-state index contributed by atoms with van der Waals surface area (Å²) in [6, 6.07) is 1.23. The van der Waals surface area contributed by atoms with Gasteiger partial charge in [-0.2, -0.15) is 13.2 Å². The maximum absolute atomic E-state index is 12.7. The van der Waals surface area contributed by atoms with Crippen molar-refractivity contribution in [2.24, 2.45) is 0 Å². The van der Waals surface area contributed by atoms with Crippen molar-refractivity contribution in [3.05, 3.63) is 43.9 Å². The fourth-order valence-electron chi connectivity index (χ4n) is 1.29. The van der Waals surface area contributed by atoms with Crippen LogP contribution in [0, 0.1) is 10.1 Å². The fourth-order valence-corrected chi connectivity index (χ4v) is 1.91. The number of nitro groups is 1. The van der Waals surface area contributed by atoms with Gasteiger partial charge in [0.15, 0.2) is 0 Å². The van der Waals surface area contributed by atoms with E-state index in [1.807, 2.05) is 0 Å². The zero-order chi connectivity index (χ0) is 14.8. The minimum Gasteiger partial charge on any atom is -0.478 e. The van der Waals surface area contributed by atoms with E-state index >= 15 is 0 Å². The zero-order valence-corrected chi connectivity index (χ0v) is 10.5. The van der Waals surface area contributed by atoms with Gasteiger partial charge in [-0.25, -0.2) is 4.79 Å². The molecular weight excluding hydrogens is 335 g/mol. The van der Waals surface area contributed by atoms with Crippen LogP contribution in [0.5, 0.6) is 0 Å². The van der Waals surface area contributed by atoms with Gasteiger partial charge >= 0.3 is 12.1 Å². The van der Waals surface area contributed by atoms with Crippen molar-refractivity contribution in [3.63, 3.8) is 0 Å². The third-order valence-corrected chi connectivity index (χ3v) is 2.89. The first-order chi connectivity index (χ1) is 8.64. The first-order valence-electron chi connectivity index (χ1n) is 4.59. The second kappa shape index (κ2) is 5.39. The van der Waals surface area contributed by atoms with Crippen molar-refractivity contribution in [2.45, 2.75) is 6.18 Å². The van der Waals surface area contributed by atoms with Crippen molar-refractivity contribution >= 4 is 33.7 Å². The van der Waals surface area contributed by atoms with Crippen LogP contribution >= 0.6 is 15.9 Å². The molecule has 0 unspecified atom stereocenters. The number of rotatable bonds is 3. The number of benzene rings is 1. The molecule has 0 bridgehead atoms. The molecule has 0 saturated heterocycles. The van der Waals surface area contributed by atoms with Gasteiger partial charge in [-0.05, 0) is 28.1 Å². The fraction of sp³-hybridized carbons (Fsp3) is 0.100. The highest BCUT2D eigenvalue weighted by Crippen LogP contribution is 2.39. The average molecular weight is 340 g/mol. The summed E-state index contributed by atoms with van der Waals surface area (Å²) in [6.07, 6.45) is -3.63. The Morgan fingerprint density at radius 2 is 2.00 bits per heavy atom. The largest absolute Gasteiger partial charge is 0.478 e. The lowest BCUT2D eigenvalue weighted by Crippen LogP contribution is -2.09. The highest BCUT2D eigenvalue weighted by molar-refractivity contribution is 9.10. The Hall–Kier alpha value is -1.90. The molecule has 1 aromatic carbocycles. The number of nitro benzene ring substituents is 1. The molecule has 102 valence electrons. The van der Waals surface area contributed by atoms with E-state index in [0.29, 0.717) is 24.3 Å². The Bertz CT molecular complexity index is 569. The number of carboxylic acids is 1. The van der Waals surface area contributed by atoms with E-state index in [2.05, 4.69) is 15.9 Å². The molecule has 1 aromatic rings. The quantitative estimate of drug-likeness (QED) is 0.519. The average Bonchev–Trinajstić information content (AvgIpc) is 2.24. The molecule has 0 radical (unpaired) electrons. The standard InChI is InChI=1S/C10H5BrF3NO4/c11-9-5(1-4-8(16)17)6(10(12,13)14)2-3-7(9)15(18)19/h1-4H,(H,16,17)/b4-1+. The molecule has 1 N–H and O–H groups in total. The molecule has 19 heavy (non-hydrogen) atoms. The summed E-state index contributed by atoms with van der Waals surface area (Å²) >= 11 is 2.69. The molecule has 5 nitrogen and oxygen atoms in total. The summed E-state index contributed by atoms with van der Waals surface area (Å²) in [6.45, 7) is 0. The first-order valence-corrected chi connectivity index (χ1v) is 5.39. The first kappa shape index (κ1) is 15.2. The highest BCUT2D eigenvalue weighted by Gasteiger charge is 2.35. The number of hydrogen-bond donors (Lipinski definition) is 1. The molecule has 0 atom stereocenters. The molecule has 0 aromatic heterocycles. The third-order valence-electron chi connectivity index (χ3n) is 2.05. The summed E-state index contributed by atoms with van der Waals surface area (Å²) < 4.78 is 37.7. The molecule has 0 saturated carbocycles. The highest BCUT2D eigenvalue weighted by atomic mass is 79.9. The molecule has 0 aliphatic carbocycles. The normalized spacial score (nSPS) is 11.8. The Morgan fingerprint density at radius 3 is 2.42 bits per heavy atom. The Kier molecular flexibility index (Phi) is 4.30.